The van der Waals surface area contributed by atoms with Crippen molar-refractivity contribution >= 4 is 22.8 Å². The average Bonchev–Trinajstić information content (AvgIpc) is 3.16. The third-order valence-corrected chi connectivity index (χ3v) is 4.29. The molecule has 11 nitrogen and oxygen atoms in total. The van der Waals surface area contributed by atoms with Crippen molar-refractivity contribution < 1.29 is 9.53 Å². The zero-order valence-electron chi connectivity index (χ0n) is 15.9. The number of aryl methyl sites for hydroxylation is 1. The first-order valence-electron chi connectivity index (χ1n) is 8.50. The van der Waals surface area contributed by atoms with Gasteiger partial charge in [-0.15, -0.1) is 0 Å². The number of carbonyl (C=O) groups excluding carboxylic acids is 1. The smallest absolute Gasteiger partial charge is 0.340 e. The number of rotatable bonds is 5. The lowest BCUT2D eigenvalue weighted by atomic mass is 10.2. The standard InChI is InChI=1S/C18H17N7O4/c1-4-5-13(29-17(27)11-6-8-12(9-7-11)21-22-19)25-10-20-14-15(25)23(2)18(28)24(3)16(14)26/h4-10,13H,1-3H3/b5-4-. The fraction of sp³-hybridized carbons (Fsp3) is 0.222. The monoisotopic (exact) mass is 395 g/mol. The molecule has 29 heavy (non-hydrogen) atoms. The van der Waals surface area contributed by atoms with Crippen molar-refractivity contribution in [3.8, 4) is 0 Å². The Labute approximate surface area is 163 Å². The minimum Gasteiger partial charge on any atom is -0.434 e. The van der Waals surface area contributed by atoms with E-state index in [1.54, 1.807) is 19.1 Å². The van der Waals surface area contributed by atoms with Gasteiger partial charge in [0.2, 0.25) is 6.23 Å². The Morgan fingerprint density at radius 2 is 1.93 bits per heavy atom. The lowest BCUT2D eigenvalue weighted by molar-refractivity contribution is 0.0251. The number of hydrogen-bond donors (Lipinski definition) is 0. The van der Waals surface area contributed by atoms with Crippen LogP contribution in [0.4, 0.5) is 5.69 Å². The van der Waals surface area contributed by atoms with Gasteiger partial charge in [-0.25, -0.2) is 14.6 Å². The van der Waals surface area contributed by atoms with Gasteiger partial charge >= 0.3 is 11.7 Å². The van der Waals surface area contributed by atoms with E-state index in [1.165, 1.54) is 53.8 Å². The van der Waals surface area contributed by atoms with Gasteiger partial charge in [-0.3, -0.25) is 18.5 Å². The van der Waals surface area contributed by atoms with Crippen LogP contribution in [-0.4, -0.2) is 24.7 Å². The number of nitrogens with zero attached hydrogens (tertiary/aromatic N) is 7. The highest BCUT2D eigenvalue weighted by molar-refractivity contribution is 5.90. The van der Waals surface area contributed by atoms with E-state index in [-0.39, 0.29) is 16.7 Å². The van der Waals surface area contributed by atoms with Gasteiger partial charge in [0.15, 0.2) is 11.2 Å². The van der Waals surface area contributed by atoms with Gasteiger partial charge in [-0.2, -0.15) is 0 Å². The molecule has 0 N–H and O–H groups in total. The SMILES string of the molecule is C/C=C\C(OC(=O)c1ccc(N=[N+]=[N-])cc1)n1cnc2c(=O)n(C)c(=O)n(C)c21. The Morgan fingerprint density at radius 1 is 1.24 bits per heavy atom. The largest absolute Gasteiger partial charge is 0.434 e. The number of benzene rings is 1. The van der Waals surface area contributed by atoms with Crippen LogP contribution in [-0.2, 0) is 18.8 Å². The van der Waals surface area contributed by atoms with Gasteiger partial charge in [-0.1, -0.05) is 23.3 Å². The number of imidazole rings is 1. The topological polar surface area (TPSA) is 137 Å². The van der Waals surface area contributed by atoms with Crippen molar-refractivity contribution in [2.45, 2.75) is 13.2 Å². The molecule has 0 aliphatic carbocycles. The van der Waals surface area contributed by atoms with Crippen molar-refractivity contribution in [2.24, 2.45) is 19.2 Å². The Balaban J connectivity index is 2.03. The third kappa shape index (κ3) is 3.54. The van der Waals surface area contributed by atoms with E-state index in [1.807, 2.05) is 0 Å². The Bertz CT molecular complexity index is 1270. The molecule has 1 atom stereocenters. The summed E-state index contributed by atoms with van der Waals surface area (Å²) in [5.74, 6) is -0.642. The molecule has 3 aromatic rings. The van der Waals surface area contributed by atoms with Crippen LogP contribution in [0.15, 0.2) is 57.4 Å². The van der Waals surface area contributed by atoms with E-state index in [2.05, 4.69) is 15.0 Å². The number of ether oxygens (including phenoxy) is 1. The fourth-order valence-electron chi connectivity index (χ4n) is 2.83. The second kappa shape index (κ2) is 7.87. The lowest BCUT2D eigenvalue weighted by Gasteiger charge is -2.18. The molecule has 2 aromatic heterocycles. The summed E-state index contributed by atoms with van der Waals surface area (Å²) < 4.78 is 9.23. The first-order valence-corrected chi connectivity index (χ1v) is 8.50. The summed E-state index contributed by atoms with van der Waals surface area (Å²) in [7, 11) is 2.87. The lowest BCUT2D eigenvalue weighted by Crippen LogP contribution is -2.37. The van der Waals surface area contributed by atoms with E-state index in [0.29, 0.717) is 5.69 Å². The Kier molecular flexibility index (Phi) is 5.33. The van der Waals surface area contributed by atoms with E-state index >= 15 is 0 Å². The van der Waals surface area contributed by atoms with Crippen LogP contribution in [0.5, 0.6) is 0 Å². The third-order valence-electron chi connectivity index (χ3n) is 4.29. The number of allylic oxidation sites excluding steroid dienone is 1. The molecular formula is C18H17N7O4. The van der Waals surface area contributed by atoms with Crippen LogP contribution in [0, 0.1) is 0 Å². The van der Waals surface area contributed by atoms with Crippen molar-refractivity contribution in [3.63, 3.8) is 0 Å². The molecule has 1 aromatic carbocycles. The molecule has 0 saturated heterocycles. The van der Waals surface area contributed by atoms with Crippen LogP contribution in [0.2, 0.25) is 0 Å². The van der Waals surface area contributed by atoms with E-state index in [4.69, 9.17) is 10.3 Å². The summed E-state index contributed by atoms with van der Waals surface area (Å²) in [5, 5.41) is 3.45. The molecule has 0 fully saturated rings. The number of azide groups is 1. The van der Waals surface area contributed by atoms with Gasteiger partial charge in [0.25, 0.3) is 5.56 Å². The predicted octanol–water partition coefficient (Wildman–Crippen LogP) is 2.31. The summed E-state index contributed by atoms with van der Waals surface area (Å²) in [6.45, 7) is 1.74. The summed E-state index contributed by atoms with van der Waals surface area (Å²) in [4.78, 5) is 44.0. The zero-order chi connectivity index (χ0) is 21.1. The summed E-state index contributed by atoms with van der Waals surface area (Å²) in [5.41, 5.74) is 8.30. The second-order valence-corrected chi connectivity index (χ2v) is 6.09. The zero-order valence-corrected chi connectivity index (χ0v) is 15.9. The quantitative estimate of drug-likeness (QED) is 0.215. The maximum absolute atomic E-state index is 12.6. The molecule has 0 saturated carbocycles. The maximum Gasteiger partial charge on any atom is 0.340 e. The molecule has 0 spiro atoms. The predicted molar refractivity (Wildman–Crippen MR) is 105 cm³/mol. The van der Waals surface area contributed by atoms with Crippen molar-refractivity contribution in [1.29, 1.82) is 0 Å². The first kappa shape index (κ1) is 19.6. The van der Waals surface area contributed by atoms with Gasteiger partial charge in [0.1, 0.15) is 6.33 Å². The normalized spacial score (nSPS) is 12.1. The van der Waals surface area contributed by atoms with Crippen molar-refractivity contribution in [1.82, 2.24) is 18.7 Å². The maximum atomic E-state index is 12.6. The number of esters is 1. The summed E-state index contributed by atoms with van der Waals surface area (Å²) >= 11 is 0. The van der Waals surface area contributed by atoms with Gasteiger partial charge in [-0.05, 0) is 30.7 Å². The molecule has 0 aliphatic heterocycles. The molecule has 148 valence electrons. The molecule has 0 bridgehead atoms. The van der Waals surface area contributed by atoms with Crippen molar-refractivity contribution in [3.05, 3.63) is 79.6 Å². The molecule has 2 heterocycles. The number of aromatic nitrogens is 4. The highest BCUT2D eigenvalue weighted by Crippen LogP contribution is 2.20. The Hall–Kier alpha value is -4.11. The van der Waals surface area contributed by atoms with E-state index in [9.17, 15) is 14.4 Å². The first-order chi connectivity index (χ1) is 13.9. The minimum absolute atomic E-state index is 0.0823. The number of carbonyl (C=O) groups is 1. The van der Waals surface area contributed by atoms with Crippen LogP contribution in [0.3, 0.4) is 0 Å². The summed E-state index contributed by atoms with van der Waals surface area (Å²) in [6.07, 6.45) is 3.67. The molecule has 3 rings (SSSR count). The molecule has 1 unspecified atom stereocenters. The van der Waals surface area contributed by atoms with Gasteiger partial charge in [0.05, 0.1) is 5.56 Å². The highest BCUT2D eigenvalue weighted by Gasteiger charge is 2.21. The molecular weight excluding hydrogens is 378 g/mol. The number of hydrogen-bond acceptors (Lipinski definition) is 6. The van der Waals surface area contributed by atoms with Crippen LogP contribution >= 0.6 is 0 Å². The van der Waals surface area contributed by atoms with Crippen molar-refractivity contribution in [2.75, 3.05) is 0 Å². The van der Waals surface area contributed by atoms with Crippen LogP contribution < -0.4 is 11.2 Å². The Morgan fingerprint density at radius 3 is 2.55 bits per heavy atom. The van der Waals surface area contributed by atoms with E-state index in [0.717, 1.165) is 4.57 Å². The molecule has 0 amide bonds. The van der Waals surface area contributed by atoms with Crippen LogP contribution in [0.25, 0.3) is 21.6 Å². The minimum atomic E-state index is -0.938. The molecule has 11 heteroatoms. The molecule has 0 radical (unpaired) electrons. The summed E-state index contributed by atoms with van der Waals surface area (Å²) in [6, 6.07) is 5.91. The van der Waals surface area contributed by atoms with Gasteiger partial charge < -0.3 is 4.74 Å². The van der Waals surface area contributed by atoms with Gasteiger partial charge in [0, 0.05) is 24.7 Å². The second-order valence-electron chi connectivity index (χ2n) is 6.09. The average molecular weight is 395 g/mol. The number of fused-ring (bicyclic) bond motifs is 1. The molecule has 0 aliphatic rings. The van der Waals surface area contributed by atoms with Crippen LogP contribution in [0.1, 0.15) is 23.5 Å². The van der Waals surface area contributed by atoms with E-state index < -0.39 is 23.4 Å². The fourth-order valence-corrected chi connectivity index (χ4v) is 2.83. The highest BCUT2D eigenvalue weighted by atomic mass is 16.6.